The molecule has 0 saturated carbocycles. The Morgan fingerprint density at radius 3 is 2.55 bits per heavy atom. The van der Waals surface area contributed by atoms with Gasteiger partial charge in [0.15, 0.2) is 5.78 Å². The van der Waals surface area contributed by atoms with E-state index in [1.807, 2.05) is 6.07 Å². The normalized spacial score (nSPS) is 12.7. The number of nitrogens with zero attached hydrogens (tertiary/aromatic N) is 1. The van der Waals surface area contributed by atoms with E-state index in [0.29, 0.717) is 28.8 Å². The molecule has 0 amide bonds. The van der Waals surface area contributed by atoms with E-state index < -0.39 is 5.97 Å². The number of allylic oxidation sites excluding steroid dienone is 1. The Morgan fingerprint density at radius 2 is 1.85 bits per heavy atom. The van der Waals surface area contributed by atoms with Gasteiger partial charge in [-0.2, -0.15) is 0 Å². The highest BCUT2D eigenvalue weighted by molar-refractivity contribution is 6.13. The van der Waals surface area contributed by atoms with Crippen molar-refractivity contribution in [2.45, 2.75) is 6.42 Å². The summed E-state index contributed by atoms with van der Waals surface area (Å²) >= 11 is 0. The van der Waals surface area contributed by atoms with Crippen molar-refractivity contribution in [2.24, 2.45) is 0 Å². The summed E-state index contributed by atoms with van der Waals surface area (Å²) in [5, 5.41) is 9.16. The number of hydrogen-bond acceptors (Lipinski definition) is 3. The molecule has 0 aliphatic heterocycles. The molecular weight excluding hydrogens is 254 g/mol. The molecule has 0 fully saturated rings. The average molecular weight is 265 g/mol. The Kier molecular flexibility index (Phi) is 2.91. The molecule has 0 radical (unpaired) electrons. The first kappa shape index (κ1) is 12.3. The zero-order valence-corrected chi connectivity index (χ0v) is 10.5. The first-order valence-electron chi connectivity index (χ1n) is 6.18. The zero-order valence-electron chi connectivity index (χ0n) is 10.5. The van der Waals surface area contributed by atoms with E-state index in [1.165, 1.54) is 12.3 Å². The molecule has 2 aromatic rings. The number of hydrogen-bond donors (Lipinski definition) is 1. The number of aromatic nitrogens is 1. The number of pyridine rings is 1. The van der Waals surface area contributed by atoms with E-state index in [4.69, 9.17) is 5.11 Å². The minimum atomic E-state index is -0.995. The number of aromatic carboxylic acids is 1. The predicted molar refractivity (Wildman–Crippen MR) is 73.6 cm³/mol. The second-order valence-corrected chi connectivity index (χ2v) is 4.57. The van der Waals surface area contributed by atoms with Crippen molar-refractivity contribution >= 4 is 17.8 Å². The minimum absolute atomic E-state index is 0.0834. The number of Topliss-reactive ketones (excluding diaryl/α,β-unsaturated/α-hetero) is 1. The summed E-state index contributed by atoms with van der Waals surface area (Å²) in [6, 6.07) is 10.4. The van der Waals surface area contributed by atoms with Crippen LogP contribution in [0.25, 0.3) is 6.08 Å². The number of carboxylic acids is 1. The van der Waals surface area contributed by atoms with E-state index in [2.05, 4.69) is 4.98 Å². The van der Waals surface area contributed by atoms with Crippen LogP contribution in [0.2, 0.25) is 0 Å². The fourth-order valence-electron chi connectivity index (χ4n) is 2.35. The molecule has 4 heteroatoms. The molecule has 0 unspecified atom stereocenters. The van der Waals surface area contributed by atoms with Crippen LogP contribution in [0.5, 0.6) is 0 Å². The van der Waals surface area contributed by atoms with Crippen molar-refractivity contribution in [1.82, 2.24) is 4.98 Å². The first-order chi connectivity index (χ1) is 9.66. The third kappa shape index (κ3) is 2.01. The molecule has 20 heavy (non-hydrogen) atoms. The lowest BCUT2D eigenvalue weighted by atomic mass is 10.00. The molecule has 98 valence electrons. The molecule has 0 spiro atoms. The predicted octanol–water partition coefficient (Wildman–Crippen LogP) is 2.60. The molecule has 4 nitrogen and oxygen atoms in total. The molecule has 1 aromatic heterocycles. The van der Waals surface area contributed by atoms with Gasteiger partial charge in [0.1, 0.15) is 0 Å². The number of rotatable bonds is 3. The second kappa shape index (κ2) is 4.74. The smallest absolute Gasteiger partial charge is 0.336 e. The average Bonchev–Trinajstić information content (AvgIpc) is 2.90. The largest absolute Gasteiger partial charge is 0.478 e. The Hall–Kier alpha value is -2.75. The minimum Gasteiger partial charge on any atom is -0.478 e. The molecule has 1 N–H and O–H groups in total. The van der Waals surface area contributed by atoms with Crippen molar-refractivity contribution in [1.29, 1.82) is 0 Å². The number of carbonyl (C=O) groups excluding carboxylic acids is 1. The van der Waals surface area contributed by atoms with Gasteiger partial charge in [0, 0.05) is 23.8 Å². The van der Waals surface area contributed by atoms with Crippen molar-refractivity contribution in [3.05, 3.63) is 70.6 Å². The third-order valence-corrected chi connectivity index (χ3v) is 3.33. The Morgan fingerprint density at radius 1 is 1.10 bits per heavy atom. The van der Waals surface area contributed by atoms with Crippen LogP contribution in [0.4, 0.5) is 0 Å². The number of carbonyl (C=O) groups is 2. The van der Waals surface area contributed by atoms with Gasteiger partial charge in [-0.15, -0.1) is 0 Å². The van der Waals surface area contributed by atoms with Crippen LogP contribution in [-0.4, -0.2) is 21.8 Å². The van der Waals surface area contributed by atoms with E-state index in [9.17, 15) is 9.59 Å². The standard InChI is InChI=1S/C16H11NO3/c18-15(10-4-2-1-3-5-10)11-8-13-12(16(19)20)6-7-17-14(13)9-11/h1-7,9H,8H2,(H,19,20). The van der Waals surface area contributed by atoms with Gasteiger partial charge in [-0.1, -0.05) is 30.3 Å². The van der Waals surface area contributed by atoms with Crippen LogP contribution in [-0.2, 0) is 6.42 Å². The van der Waals surface area contributed by atoms with Gasteiger partial charge < -0.3 is 5.11 Å². The summed E-state index contributed by atoms with van der Waals surface area (Å²) in [7, 11) is 0. The van der Waals surface area contributed by atoms with Crippen molar-refractivity contribution in [3.8, 4) is 0 Å². The highest BCUT2D eigenvalue weighted by Gasteiger charge is 2.24. The van der Waals surface area contributed by atoms with Crippen molar-refractivity contribution in [2.75, 3.05) is 0 Å². The van der Waals surface area contributed by atoms with Crippen LogP contribution in [0.15, 0.2) is 48.2 Å². The van der Waals surface area contributed by atoms with Gasteiger partial charge in [-0.3, -0.25) is 9.78 Å². The molecule has 0 saturated heterocycles. The summed E-state index contributed by atoms with van der Waals surface area (Å²) in [5.74, 6) is -1.08. The SMILES string of the molecule is O=C(C1=Cc2nccc(C(=O)O)c2C1)c1ccccc1. The van der Waals surface area contributed by atoms with Gasteiger partial charge in [-0.25, -0.2) is 4.79 Å². The van der Waals surface area contributed by atoms with Crippen LogP contribution in [0.1, 0.15) is 32.0 Å². The number of benzene rings is 1. The Bertz CT molecular complexity index is 733. The van der Waals surface area contributed by atoms with Gasteiger partial charge in [0.2, 0.25) is 0 Å². The molecular formula is C16H11NO3. The first-order valence-corrected chi connectivity index (χ1v) is 6.18. The molecule has 1 aromatic carbocycles. The third-order valence-electron chi connectivity index (χ3n) is 3.33. The van der Waals surface area contributed by atoms with E-state index in [1.54, 1.807) is 30.3 Å². The van der Waals surface area contributed by atoms with Crippen LogP contribution in [0, 0.1) is 0 Å². The fraction of sp³-hybridized carbons (Fsp3) is 0.0625. The van der Waals surface area contributed by atoms with E-state index >= 15 is 0 Å². The zero-order chi connectivity index (χ0) is 14.1. The lowest BCUT2D eigenvalue weighted by molar-refractivity contribution is 0.0695. The van der Waals surface area contributed by atoms with E-state index in [0.717, 1.165) is 0 Å². The molecule has 0 bridgehead atoms. The topological polar surface area (TPSA) is 67.3 Å². The lowest BCUT2D eigenvalue weighted by Gasteiger charge is -2.04. The van der Waals surface area contributed by atoms with Crippen molar-refractivity contribution in [3.63, 3.8) is 0 Å². The quantitative estimate of drug-likeness (QED) is 0.866. The van der Waals surface area contributed by atoms with Gasteiger partial charge >= 0.3 is 5.97 Å². The summed E-state index contributed by atoms with van der Waals surface area (Å²) in [4.78, 5) is 27.7. The summed E-state index contributed by atoms with van der Waals surface area (Å²) in [5.41, 5.74) is 2.57. The highest BCUT2D eigenvalue weighted by atomic mass is 16.4. The second-order valence-electron chi connectivity index (χ2n) is 4.57. The maximum absolute atomic E-state index is 12.4. The van der Waals surface area contributed by atoms with Gasteiger partial charge in [-0.05, 0) is 17.7 Å². The highest BCUT2D eigenvalue weighted by Crippen LogP contribution is 2.28. The number of fused-ring (bicyclic) bond motifs is 1. The molecule has 3 rings (SSSR count). The summed E-state index contributed by atoms with van der Waals surface area (Å²) in [6.45, 7) is 0. The summed E-state index contributed by atoms with van der Waals surface area (Å²) < 4.78 is 0. The van der Waals surface area contributed by atoms with Gasteiger partial charge in [0.25, 0.3) is 0 Å². The van der Waals surface area contributed by atoms with Crippen LogP contribution < -0.4 is 0 Å². The molecule has 1 aliphatic carbocycles. The maximum Gasteiger partial charge on any atom is 0.336 e. The molecule has 0 atom stereocenters. The molecule has 1 aliphatic rings. The Balaban J connectivity index is 1.96. The van der Waals surface area contributed by atoms with Gasteiger partial charge in [0.05, 0.1) is 11.3 Å². The fourth-order valence-corrected chi connectivity index (χ4v) is 2.35. The van der Waals surface area contributed by atoms with Crippen molar-refractivity contribution < 1.29 is 14.7 Å². The van der Waals surface area contributed by atoms with Crippen LogP contribution in [0.3, 0.4) is 0 Å². The monoisotopic (exact) mass is 265 g/mol. The number of ketones is 1. The Labute approximate surface area is 115 Å². The molecule has 1 heterocycles. The lowest BCUT2D eigenvalue weighted by Crippen LogP contribution is -2.06. The maximum atomic E-state index is 12.4. The van der Waals surface area contributed by atoms with E-state index in [-0.39, 0.29) is 11.3 Å². The summed E-state index contributed by atoms with van der Waals surface area (Å²) in [6.07, 6.45) is 3.45. The van der Waals surface area contributed by atoms with Crippen LogP contribution >= 0.6 is 0 Å². The number of carboxylic acid groups (broad SMARTS) is 1.